The molecule has 0 aromatic carbocycles. The highest BCUT2D eigenvalue weighted by Crippen LogP contribution is 2.56. The molecule has 0 saturated carbocycles. The summed E-state index contributed by atoms with van der Waals surface area (Å²) in [6, 6.07) is -28.2. The second-order valence-corrected chi connectivity index (χ2v) is 3.80. The molecule has 0 radical (unpaired) electrons. The van der Waals surface area contributed by atoms with Crippen LogP contribution in [-0.4, -0.2) is 47.4 Å². The molecule has 0 heterocycles. The Kier molecular flexibility index (Phi) is 5.22. The van der Waals surface area contributed by atoms with E-state index in [-0.39, 0.29) is 0 Å². The van der Waals surface area contributed by atoms with Crippen LogP contribution in [0.2, 0.25) is 0 Å². The molecule has 0 bridgehead atoms. The molecule has 0 N–H and O–H groups in total. The first kappa shape index (κ1) is 22.6. The lowest BCUT2D eigenvalue weighted by Gasteiger charge is -2.42. The van der Waals surface area contributed by atoms with Gasteiger partial charge in [-0.05, 0) is 0 Å². The maximum Gasteiger partial charge on any atom is 0.469 e. The topological polar surface area (TPSA) is 20.3 Å². The van der Waals surface area contributed by atoms with Crippen LogP contribution in [0, 0.1) is 0 Å². The summed E-state index contributed by atoms with van der Waals surface area (Å²) in [7, 11) is 0. The van der Waals surface area contributed by atoms with E-state index in [1.54, 1.807) is 0 Å². The number of rotatable bonds is 5. The Morgan fingerprint density at radius 1 is 0.583 bits per heavy atom. The van der Waals surface area contributed by atoms with Crippen LogP contribution in [0.1, 0.15) is 0 Å². The average Bonchev–Trinajstić information content (AvgIpc) is 2.23. The molecular formula is C7F15NO. The molecule has 0 aliphatic carbocycles. The van der Waals surface area contributed by atoms with E-state index in [1.165, 1.54) is 0 Å². The van der Waals surface area contributed by atoms with Crippen molar-refractivity contribution in [3.05, 3.63) is 0 Å². The van der Waals surface area contributed by atoms with Crippen LogP contribution < -0.4 is 0 Å². The van der Waals surface area contributed by atoms with E-state index in [0.29, 0.717) is 0 Å². The summed E-state index contributed by atoms with van der Waals surface area (Å²) in [5, 5.41) is 0. The van der Waals surface area contributed by atoms with Crippen molar-refractivity contribution < 1.29 is 70.7 Å². The van der Waals surface area contributed by atoms with Crippen LogP contribution >= 0.6 is 0 Å². The van der Waals surface area contributed by atoms with E-state index < -0.39 is 47.4 Å². The molecule has 0 aromatic rings. The van der Waals surface area contributed by atoms with Crippen LogP contribution in [0.5, 0.6) is 0 Å². The van der Waals surface area contributed by atoms with E-state index in [2.05, 4.69) is 0 Å². The third kappa shape index (κ3) is 3.21. The fourth-order valence-electron chi connectivity index (χ4n) is 1.05. The van der Waals surface area contributed by atoms with E-state index in [4.69, 9.17) is 0 Å². The van der Waals surface area contributed by atoms with Crippen molar-refractivity contribution in [2.75, 3.05) is 0 Å². The van der Waals surface area contributed by atoms with Crippen LogP contribution in [0.25, 0.3) is 0 Å². The number of carbonyl (C=O) groups excluding carboxylic acids is 1. The maximum atomic E-state index is 12.9. The molecule has 0 aliphatic rings. The Balaban J connectivity index is 6.74. The maximum absolute atomic E-state index is 12.9. The van der Waals surface area contributed by atoms with Gasteiger partial charge in [0.2, 0.25) is 0 Å². The zero-order chi connectivity index (χ0) is 20.2. The summed E-state index contributed by atoms with van der Waals surface area (Å²) in [5.41, 5.74) is 0. The number of halogens is 15. The van der Waals surface area contributed by atoms with Gasteiger partial charge in [0.05, 0.1) is 0 Å². The first-order valence-corrected chi connectivity index (χ1v) is 4.71. The van der Waals surface area contributed by atoms with Crippen molar-refractivity contribution in [2.45, 2.75) is 36.4 Å². The van der Waals surface area contributed by atoms with Crippen LogP contribution in [-0.2, 0) is 4.79 Å². The molecule has 0 aromatic heterocycles. The number of hydrogen-bond acceptors (Lipinski definition) is 2. The van der Waals surface area contributed by atoms with Gasteiger partial charge in [0.15, 0.2) is 0 Å². The van der Waals surface area contributed by atoms with E-state index in [0.717, 1.165) is 0 Å². The lowest BCUT2D eigenvalue weighted by molar-refractivity contribution is -0.479. The van der Waals surface area contributed by atoms with Gasteiger partial charge in [0.25, 0.3) is 0 Å². The Morgan fingerprint density at radius 3 is 1.12 bits per heavy atom. The minimum Gasteiger partial charge on any atom is -0.252 e. The molecule has 0 saturated heterocycles. The highest BCUT2D eigenvalue weighted by molar-refractivity contribution is 5.75. The summed E-state index contributed by atoms with van der Waals surface area (Å²) in [6.45, 7) is 0. The van der Waals surface area contributed by atoms with Crippen molar-refractivity contribution in [3.8, 4) is 0 Å². The Labute approximate surface area is 119 Å². The van der Waals surface area contributed by atoms with Crippen LogP contribution in [0.4, 0.5) is 65.9 Å². The van der Waals surface area contributed by atoms with Crippen molar-refractivity contribution in [2.24, 2.45) is 0 Å². The zero-order valence-corrected chi connectivity index (χ0v) is 10.0. The van der Waals surface area contributed by atoms with Crippen molar-refractivity contribution >= 4 is 6.04 Å². The van der Waals surface area contributed by atoms with Gasteiger partial charge in [0, 0.05) is 0 Å². The van der Waals surface area contributed by atoms with Crippen molar-refractivity contribution in [1.29, 1.82) is 0 Å². The lowest BCUT2D eigenvalue weighted by atomic mass is 10.2. The van der Waals surface area contributed by atoms with Crippen LogP contribution in [0.3, 0.4) is 0 Å². The lowest BCUT2D eigenvalue weighted by Crippen LogP contribution is -2.73. The molecular weight excluding hydrogens is 399 g/mol. The fourth-order valence-corrected chi connectivity index (χ4v) is 1.05. The Bertz CT molecular complexity index is 487. The fraction of sp³-hybridized carbons (Fsp3) is 0.857. The Hall–Kier alpha value is -1.42. The third-order valence-electron chi connectivity index (χ3n) is 2.15. The summed E-state index contributed by atoms with van der Waals surface area (Å²) >= 11 is 0. The minimum absolute atomic E-state index is 4.47. The number of nitrogens with zero attached hydrogens (tertiary/aromatic N) is 1. The number of carbonyl (C=O) groups is 1. The molecule has 0 aliphatic heterocycles. The molecule has 0 spiro atoms. The van der Waals surface area contributed by atoms with Gasteiger partial charge in [-0.25, -0.2) is 0 Å². The zero-order valence-electron chi connectivity index (χ0n) is 10.0. The van der Waals surface area contributed by atoms with Gasteiger partial charge in [-0.2, -0.15) is 65.9 Å². The first-order valence-electron chi connectivity index (χ1n) is 4.71. The smallest absolute Gasteiger partial charge is 0.252 e. The molecule has 0 atom stereocenters. The standard InChI is InChI=1S/C7F15NO/c8-1(24)2(9,10)23(7(21,22)5(16,17)18)6(19,20)3(11,12)4(13,14)15. The number of hydrogen-bond donors (Lipinski definition) is 0. The molecule has 0 rings (SSSR count). The summed E-state index contributed by atoms with van der Waals surface area (Å²) in [6.07, 6.45) is -15.3. The van der Waals surface area contributed by atoms with Gasteiger partial charge in [0.1, 0.15) is 0 Å². The van der Waals surface area contributed by atoms with E-state index in [9.17, 15) is 70.7 Å². The molecule has 2 nitrogen and oxygen atoms in total. The Morgan fingerprint density at radius 2 is 0.917 bits per heavy atom. The molecule has 0 fully saturated rings. The highest BCUT2D eigenvalue weighted by Gasteiger charge is 2.86. The quantitative estimate of drug-likeness (QED) is 0.390. The third-order valence-corrected chi connectivity index (χ3v) is 2.15. The van der Waals surface area contributed by atoms with Gasteiger partial charge in [-0.15, -0.1) is 0 Å². The minimum atomic E-state index is -8.10. The first-order chi connectivity index (χ1) is 10.1. The molecule has 0 amide bonds. The van der Waals surface area contributed by atoms with Crippen LogP contribution in [0.15, 0.2) is 0 Å². The molecule has 24 heavy (non-hydrogen) atoms. The molecule has 17 heteroatoms. The molecule has 144 valence electrons. The highest BCUT2D eigenvalue weighted by atomic mass is 19.4. The van der Waals surface area contributed by atoms with Gasteiger partial charge >= 0.3 is 42.5 Å². The molecule has 0 unspecified atom stereocenters. The second kappa shape index (κ2) is 5.55. The normalized spacial score (nSPS) is 15.8. The second-order valence-electron chi connectivity index (χ2n) is 3.80. The summed E-state index contributed by atoms with van der Waals surface area (Å²) < 4.78 is 184. The van der Waals surface area contributed by atoms with Crippen molar-refractivity contribution in [1.82, 2.24) is 4.90 Å². The van der Waals surface area contributed by atoms with E-state index >= 15 is 0 Å². The largest absolute Gasteiger partial charge is 0.469 e. The van der Waals surface area contributed by atoms with Gasteiger partial charge in [-0.3, -0.25) is 4.79 Å². The van der Waals surface area contributed by atoms with E-state index in [1.807, 2.05) is 0 Å². The number of alkyl halides is 14. The predicted octanol–water partition coefficient (Wildman–Crippen LogP) is 4.32. The van der Waals surface area contributed by atoms with Gasteiger partial charge in [-0.1, -0.05) is 4.90 Å². The predicted molar refractivity (Wildman–Crippen MR) is 39.9 cm³/mol. The SMILES string of the molecule is O=C(F)C(F)(F)N(C(F)(F)C(F)(F)F)C(F)(F)C(F)(F)C(F)(F)F. The van der Waals surface area contributed by atoms with Crippen molar-refractivity contribution in [3.63, 3.8) is 0 Å². The summed E-state index contributed by atoms with van der Waals surface area (Å²) in [4.78, 5) is 5.22. The average molecular weight is 399 g/mol. The summed E-state index contributed by atoms with van der Waals surface area (Å²) in [5.74, 6) is -7.96. The van der Waals surface area contributed by atoms with Gasteiger partial charge < -0.3 is 0 Å². The monoisotopic (exact) mass is 399 g/mol.